The molecular weight excluding hydrogens is 320 g/mol. The summed E-state index contributed by atoms with van der Waals surface area (Å²) in [5, 5.41) is 9.39. The summed E-state index contributed by atoms with van der Waals surface area (Å²) >= 11 is 0. The van der Waals surface area contributed by atoms with Crippen LogP contribution in [-0.2, 0) is 6.54 Å². The van der Waals surface area contributed by atoms with Crippen LogP contribution in [0, 0.1) is 11.3 Å². The highest BCUT2D eigenvalue weighted by Gasteiger charge is 2.18. The highest BCUT2D eigenvalue weighted by atomic mass is 15.3. The second-order valence-corrected chi connectivity index (χ2v) is 6.60. The molecule has 0 radical (unpaired) electrons. The normalized spacial score (nSPS) is 15.0. The van der Waals surface area contributed by atoms with Gasteiger partial charge in [-0.15, -0.1) is 0 Å². The van der Waals surface area contributed by atoms with Crippen molar-refractivity contribution < 1.29 is 0 Å². The van der Waals surface area contributed by atoms with E-state index in [0.29, 0.717) is 5.56 Å². The number of nitriles is 1. The lowest BCUT2D eigenvalue weighted by atomic mass is 10.2. The number of aromatic nitrogens is 1. The monoisotopic (exact) mass is 342 g/mol. The number of hydrogen-bond acceptors (Lipinski definition) is 3. The van der Waals surface area contributed by atoms with E-state index in [2.05, 4.69) is 62.9 Å². The van der Waals surface area contributed by atoms with Crippen molar-refractivity contribution in [1.82, 2.24) is 9.47 Å². The number of para-hydroxylation sites is 2. The Morgan fingerprint density at radius 1 is 0.808 bits per heavy atom. The summed E-state index contributed by atoms with van der Waals surface area (Å²) in [6.07, 6.45) is 2.05. The second kappa shape index (κ2) is 7.47. The lowest BCUT2D eigenvalue weighted by Gasteiger charge is -2.36. The SMILES string of the molecule is N#Cc1ccccc1-n1cccc1CN1CCN(c2ccccc2)CC1. The second-order valence-electron chi connectivity index (χ2n) is 6.60. The zero-order valence-electron chi connectivity index (χ0n) is 14.8. The van der Waals surface area contributed by atoms with Gasteiger partial charge in [-0.3, -0.25) is 4.90 Å². The Morgan fingerprint density at radius 2 is 1.54 bits per heavy atom. The van der Waals surface area contributed by atoms with Crippen molar-refractivity contribution in [2.45, 2.75) is 6.54 Å². The molecule has 0 atom stereocenters. The molecule has 4 heteroatoms. The van der Waals surface area contributed by atoms with Crippen molar-refractivity contribution in [2.24, 2.45) is 0 Å². The maximum absolute atomic E-state index is 9.39. The van der Waals surface area contributed by atoms with Crippen molar-refractivity contribution in [2.75, 3.05) is 31.1 Å². The summed E-state index contributed by atoms with van der Waals surface area (Å²) in [5.41, 5.74) is 4.19. The molecule has 2 aromatic carbocycles. The molecule has 1 aromatic heterocycles. The van der Waals surface area contributed by atoms with Gasteiger partial charge in [0.05, 0.1) is 11.3 Å². The number of anilines is 1. The van der Waals surface area contributed by atoms with Crippen LogP contribution in [-0.4, -0.2) is 35.6 Å². The molecule has 130 valence electrons. The highest BCUT2D eigenvalue weighted by molar-refractivity contribution is 5.50. The highest BCUT2D eigenvalue weighted by Crippen LogP contribution is 2.20. The lowest BCUT2D eigenvalue weighted by molar-refractivity contribution is 0.246. The third kappa shape index (κ3) is 3.35. The minimum absolute atomic E-state index is 0.707. The van der Waals surface area contributed by atoms with Crippen LogP contribution >= 0.6 is 0 Å². The van der Waals surface area contributed by atoms with Crippen LogP contribution in [0.3, 0.4) is 0 Å². The van der Waals surface area contributed by atoms with Crippen molar-refractivity contribution >= 4 is 5.69 Å². The molecule has 0 unspecified atom stereocenters. The maximum Gasteiger partial charge on any atom is 0.101 e. The van der Waals surface area contributed by atoms with E-state index in [1.54, 1.807) is 0 Å². The van der Waals surface area contributed by atoms with Gasteiger partial charge in [0, 0.05) is 50.3 Å². The molecule has 3 aromatic rings. The molecule has 1 aliphatic rings. The summed E-state index contributed by atoms with van der Waals surface area (Å²) in [7, 11) is 0. The van der Waals surface area contributed by atoms with Gasteiger partial charge in [0.1, 0.15) is 6.07 Å². The van der Waals surface area contributed by atoms with E-state index in [1.165, 1.54) is 11.4 Å². The van der Waals surface area contributed by atoms with E-state index in [0.717, 1.165) is 38.4 Å². The van der Waals surface area contributed by atoms with Gasteiger partial charge in [-0.1, -0.05) is 30.3 Å². The number of benzene rings is 2. The topological polar surface area (TPSA) is 35.2 Å². The predicted octanol–water partition coefficient (Wildman–Crippen LogP) is 3.67. The summed E-state index contributed by atoms with van der Waals surface area (Å²) in [5.74, 6) is 0. The van der Waals surface area contributed by atoms with Gasteiger partial charge in [0.2, 0.25) is 0 Å². The van der Waals surface area contributed by atoms with E-state index in [1.807, 2.05) is 30.5 Å². The van der Waals surface area contributed by atoms with Gasteiger partial charge in [-0.25, -0.2) is 0 Å². The molecule has 0 N–H and O–H groups in total. The molecule has 4 nitrogen and oxygen atoms in total. The van der Waals surface area contributed by atoms with Crippen LogP contribution in [0.5, 0.6) is 0 Å². The summed E-state index contributed by atoms with van der Waals surface area (Å²) in [4.78, 5) is 4.93. The van der Waals surface area contributed by atoms with Crippen LogP contribution in [0.1, 0.15) is 11.3 Å². The largest absolute Gasteiger partial charge is 0.369 e. The average Bonchev–Trinajstić information content (AvgIpc) is 3.17. The number of hydrogen-bond donors (Lipinski definition) is 0. The zero-order valence-corrected chi connectivity index (χ0v) is 14.8. The van der Waals surface area contributed by atoms with Crippen molar-refractivity contribution in [3.05, 3.63) is 84.2 Å². The molecule has 0 aliphatic carbocycles. The van der Waals surface area contributed by atoms with Gasteiger partial charge in [-0.05, 0) is 36.4 Å². The van der Waals surface area contributed by atoms with Crippen molar-refractivity contribution in [3.63, 3.8) is 0 Å². The number of rotatable bonds is 4. The zero-order chi connectivity index (χ0) is 17.8. The lowest BCUT2D eigenvalue weighted by Crippen LogP contribution is -2.46. The fourth-order valence-corrected chi connectivity index (χ4v) is 3.59. The van der Waals surface area contributed by atoms with E-state index in [4.69, 9.17) is 0 Å². The smallest absolute Gasteiger partial charge is 0.101 e. The molecule has 1 saturated heterocycles. The molecule has 0 amide bonds. The first kappa shape index (κ1) is 16.4. The summed E-state index contributed by atoms with van der Waals surface area (Å²) in [6, 6.07) is 24.9. The van der Waals surface area contributed by atoms with Gasteiger partial charge in [0.25, 0.3) is 0 Å². The third-order valence-corrected chi connectivity index (χ3v) is 5.00. The van der Waals surface area contributed by atoms with Crippen LogP contribution in [0.15, 0.2) is 72.9 Å². The Hall–Kier alpha value is -3.03. The van der Waals surface area contributed by atoms with Crippen LogP contribution in [0.4, 0.5) is 5.69 Å². The first-order chi connectivity index (χ1) is 12.8. The van der Waals surface area contributed by atoms with Gasteiger partial charge in [-0.2, -0.15) is 5.26 Å². The van der Waals surface area contributed by atoms with Gasteiger partial charge >= 0.3 is 0 Å². The predicted molar refractivity (Wildman–Crippen MR) is 104 cm³/mol. The maximum atomic E-state index is 9.39. The average molecular weight is 342 g/mol. The van der Waals surface area contributed by atoms with E-state index >= 15 is 0 Å². The molecule has 2 heterocycles. The fourth-order valence-electron chi connectivity index (χ4n) is 3.59. The standard InChI is InChI=1S/C22H22N4/c23-17-19-7-4-5-11-22(19)26-12-6-10-21(26)18-24-13-15-25(16-14-24)20-8-2-1-3-9-20/h1-12H,13-16,18H2. The van der Waals surface area contributed by atoms with Crippen LogP contribution < -0.4 is 4.90 Å². The quantitative estimate of drug-likeness (QED) is 0.726. The Morgan fingerprint density at radius 3 is 2.31 bits per heavy atom. The molecule has 26 heavy (non-hydrogen) atoms. The molecule has 0 spiro atoms. The van der Waals surface area contributed by atoms with Crippen molar-refractivity contribution in [3.8, 4) is 11.8 Å². The Bertz CT molecular complexity index is 899. The van der Waals surface area contributed by atoms with E-state index in [-0.39, 0.29) is 0 Å². The molecule has 0 bridgehead atoms. The molecule has 1 fully saturated rings. The van der Waals surface area contributed by atoms with Crippen LogP contribution in [0.25, 0.3) is 5.69 Å². The van der Waals surface area contributed by atoms with Crippen molar-refractivity contribution in [1.29, 1.82) is 5.26 Å². The Balaban J connectivity index is 1.45. The minimum atomic E-state index is 0.707. The summed E-state index contributed by atoms with van der Waals surface area (Å²) < 4.78 is 2.14. The van der Waals surface area contributed by atoms with Gasteiger partial charge < -0.3 is 9.47 Å². The first-order valence-corrected chi connectivity index (χ1v) is 9.03. The first-order valence-electron chi connectivity index (χ1n) is 9.03. The number of piperazine rings is 1. The summed E-state index contributed by atoms with van der Waals surface area (Å²) in [6.45, 7) is 5.06. The molecule has 1 aliphatic heterocycles. The Labute approximate surface area is 154 Å². The third-order valence-electron chi connectivity index (χ3n) is 5.00. The molecule has 4 rings (SSSR count). The van der Waals surface area contributed by atoms with E-state index in [9.17, 15) is 5.26 Å². The van der Waals surface area contributed by atoms with Crippen LogP contribution in [0.2, 0.25) is 0 Å². The fraction of sp³-hybridized carbons (Fsp3) is 0.227. The molecular formula is C22H22N4. The Kier molecular flexibility index (Phi) is 4.72. The van der Waals surface area contributed by atoms with E-state index < -0.39 is 0 Å². The number of nitrogens with zero attached hydrogens (tertiary/aromatic N) is 4. The van der Waals surface area contributed by atoms with Gasteiger partial charge in [0.15, 0.2) is 0 Å². The minimum Gasteiger partial charge on any atom is -0.369 e. The molecule has 0 saturated carbocycles.